The summed E-state index contributed by atoms with van der Waals surface area (Å²) in [4.78, 5) is 47.1. The Kier molecular flexibility index (Phi) is 23.2. The predicted molar refractivity (Wildman–Crippen MR) is 171 cm³/mol. The Bertz CT molecular complexity index is 690. The van der Waals surface area contributed by atoms with Crippen molar-refractivity contribution in [2.24, 2.45) is 10.8 Å². The fraction of sp³-hybridized carbons (Fsp3) is 0.867. The second kappa shape index (κ2) is 24.0. The predicted octanol–water partition coefficient (Wildman–Crippen LogP) is 4.57. The molecule has 0 heterocycles. The molecule has 0 aliphatic carbocycles. The molecule has 41 heavy (non-hydrogen) atoms. The standard InChI is InChI=1S/C30H57N3O6S2/c1-7-38-27(36)13-9-11-17-40-19-15-25(34)32-23-29(3,4)21-31-22-30(5,6)24-33-26(35)16-20-41-18-12-10-14-28(37)39-8-2/h31H,7-24H2,1-6H3,(H,32,34)(H,33,35). The van der Waals surface area contributed by atoms with Gasteiger partial charge in [-0.2, -0.15) is 23.5 Å². The lowest BCUT2D eigenvalue weighted by Gasteiger charge is -2.30. The molecule has 9 nitrogen and oxygen atoms in total. The van der Waals surface area contributed by atoms with Gasteiger partial charge in [0.1, 0.15) is 0 Å². The van der Waals surface area contributed by atoms with Gasteiger partial charge in [-0.25, -0.2) is 0 Å². The molecule has 0 aliphatic heterocycles. The SMILES string of the molecule is CCOC(=O)CCCCSCCC(=O)NCC(C)(C)CNCC(C)(C)CNC(=O)CCSCCCCC(=O)OCC. The fourth-order valence-electron chi connectivity index (χ4n) is 3.66. The zero-order chi connectivity index (χ0) is 31.0. The van der Waals surface area contributed by atoms with Crippen molar-refractivity contribution < 1.29 is 28.7 Å². The van der Waals surface area contributed by atoms with E-state index in [2.05, 4.69) is 43.6 Å². The normalized spacial score (nSPS) is 11.7. The minimum Gasteiger partial charge on any atom is -0.466 e. The Morgan fingerprint density at radius 2 is 0.951 bits per heavy atom. The molecule has 11 heteroatoms. The molecule has 0 fully saturated rings. The van der Waals surface area contributed by atoms with Crippen molar-refractivity contribution in [3.8, 4) is 0 Å². The highest BCUT2D eigenvalue weighted by molar-refractivity contribution is 7.99. The van der Waals surface area contributed by atoms with Crippen LogP contribution in [-0.2, 0) is 28.7 Å². The van der Waals surface area contributed by atoms with Crippen molar-refractivity contribution in [3.63, 3.8) is 0 Å². The highest BCUT2D eigenvalue weighted by Crippen LogP contribution is 2.16. The smallest absolute Gasteiger partial charge is 0.305 e. The molecular weight excluding hydrogens is 562 g/mol. The third-order valence-electron chi connectivity index (χ3n) is 6.13. The Balaban J connectivity index is 3.88. The molecule has 0 atom stereocenters. The van der Waals surface area contributed by atoms with Crippen LogP contribution in [-0.4, -0.2) is 86.2 Å². The molecule has 0 bridgehead atoms. The number of hydrogen-bond donors (Lipinski definition) is 3. The molecule has 3 N–H and O–H groups in total. The van der Waals surface area contributed by atoms with E-state index in [1.807, 2.05) is 13.8 Å². The highest BCUT2D eigenvalue weighted by Gasteiger charge is 2.22. The fourth-order valence-corrected chi connectivity index (χ4v) is 5.55. The summed E-state index contributed by atoms with van der Waals surface area (Å²) in [5.41, 5.74) is -0.189. The highest BCUT2D eigenvalue weighted by atomic mass is 32.2. The molecule has 0 saturated carbocycles. The van der Waals surface area contributed by atoms with E-state index in [4.69, 9.17) is 9.47 Å². The van der Waals surface area contributed by atoms with Gasteiger partial charge in [-0.3, -0.25) is 19.2 Å². The lowest BCUT2D eigenvalue weighted by atomic mass is 9.90. The van der Waals surface area contributed by atoms with Gasteiger partial charge in [0.2, 0.25) is 11.8 Å². The summed E-state index contributed by atoms with van der Waals surface area (Å²) in [5.74, 6) is 3.30. The van der Waals surface area contributed by atoms with Gasteiger partial charge in [-0.05, 0) is 61.9 Å². The summed E-state index contributed by atoms with van der Waals surface area (Å²) in [7, 11) is 0. The van der Waals surface area contributed by atoms with E-state index in [1.165, 1.54) is 0 Å². The molecule has 0 unspecified atom stereocenters. The molecule has 0 saturated heterocycles. The van der Waals surface area contributed by atoms with Crippen LogP contribution in [0.3, 0.4) is 0 Å². The zero-order valence-corrected chi connectivity index (χ0v) is 28.1. The van der Waals surface area contributed by atoms with Crippen LogP contribution in [0.25, 0.3) is 0 Å². The van der Waals surface area contributed by atoms with Crippen molar-refractivity contribution in [2.75, 3.05) is 62.4 Å². The summed E-state index contributed by atoms with van der Waals surface area (Å²) in [6.45, 7) is 15.7. The van der Waals surface area contributed by atoms with Crippen molar-refractivity contribution in [2.45, 2.75) is 92.9 Å². The maximum absolute atomic E-state index is 12.2. The van der Waals surface area contributed by atoms with Crippen molar-refractivity contribution in [1.82, 2.24) is 16.0 Å². The van der Waals surface area contributed by atoms with E-state index in [0.717, 1.165) is 61.8 Å². The number of thioether (sulfide) groups is 2. The first kappa shape index (κ1) is 39.5. The van der Waals surface area contributed by atoms with E-state index in [0.29, 0.717) is 52.0 Å². The van der Waals surface area contributed by atoms with E-state index in [9.17, 15) is 19.2 Å². The minimum absolute atomic E-state index is 0.0648. The Labute approximate surface area is 257 Å². The molecular formula is C30H57N3O6S2. The van der Waals surface area contributed by atoms with Crippen LogP contribution in [0.1, 0.15) is 92.9 Å². The number of nitrogens with one attached hydrogen (secondary N) is 3. The molecule has 240 valence electrons. The molecule has 0 spiro atoms. The Morgan fingerprint density at radius 1 is 0.561 bits per heavy atom. The van der Waals surface area contributed by atoms with Gasteiger partial charge < -0.3 is 25.4 Å². The van der Waals surface area contributed by atoms with Crippen molar-refractivity contribution >= 4 is 47.3 Å². The van der Waals surface area contributed by atoms with Crippen LogP contribution in [0.5, 0.6) is 0 Å². The molecule has 0 radical (unpaired) electrons. The van der Waals surface area contributed by atoms with Crippen LogP contribution >= 0.6 is 23.5 Å². The number of unbranched alkanes of at least 4 members (excludes halogenated alkanes) is 2. The van der Waals surface area contributed by atoms with Crippen LogP contribution in [0.4, 0.5) is 0 Å². The molecule has 2 amide bonds. The van der Waals surface area contributed by atoms with E-state index in [1.54, 1.807) is 23.5 Å². The zero-order valence-electron chi connectivity index (χ0n) is 26.5. The number of ether oxygens (including phenoxy) is 2. The van der Waals surface area contributed by atoms with Gasteiger partial charge in [0, 0.05) is 63.4 Å². The Morgan fingerprint density at radius 3 is 1.32 bits per heavy atom. The summed E-state index contributed by atoms with van der Waals surface area (Å²) >= 11 is 3.49. The van der Waals surface area contributed by atoms with Crippen molar-refractivity contribution in [1.29, 1.82) is 0 Å². The summed E-state index contributed by atoms with van der Waals surface area (Å²) < 4.78 is 9.84. The first-order valence-corrected chi connectivity index (χ1v) is 17.4. The third kappa shape index (κ3) is 25.9. The average Bonchev–Trinajstić information content (AvgIpc) is 2.90. The van der Waals surface area contributed by atoms with Gasteiger partial charge in [-0.15, -0.1) is 0 Å². The van der Waals surface area contributed by atoms with Gasteiger partial charge in [0.25, 0.3) is 0 Å². The third-order valence-corrected chi connectivity index (χ3v) is 8.27. The number of esters is 2. The molecule has 0 aliphatic rings. The first-order chi connectivity index (χ1) is 19.4. The number of rotatable bonds is 26. The first-order valence-electron chi connectivity index (χ1n) is 15.1. The molecule has 0 aromatic rings. The van der Waals surface area contributed by atoms with Crippen LogP contribution in [0.2, 0.25) is 0 Å². The summed E-state index contributed by atoms with van der Waals surface area (Å²) in [6.07, 6.45) is 5.46. The van der Waals surface area contributed by atoms with Gasteiger partial charge in [-0.1, -0.05) is 27.7 Å². The van der Waals surface area contributed by atoms with E-state index >= 15 is 0 Å². The minimum atomic E-state index is -0.136. The monoisotopic (exact) mass is 619 g/mol. The molecule has 0 aromatic heterocycles. The maximum Gasteiger partial charge on any atom is 0.305 e. The average molecular weight is 620 g/mol. The lowest BCUT2D eigenvalue weighted by Crippen LogP contribution is -2.45. The number of hydrogen-bond acceptors (Lipinski definition) is 9. The van der Waals surface area contributed by atoms with Gasteiger partial charge >= 0.3 is 11.9 Å². The van der Waals surface area contributed by atoms with Crippen LogP contribution in [0.15, 0.2) is 0 Å². The van der Waals surface area contributed by atoms with Gasteiger partial charge in [0.05, 0.1) is 13.2 Å². The van der Waals surface area contributed by atoms with Crippen molar-refractivity contribution in [3.05, 3.63) is 0 Å². The largest absolute Gasteiger partial charge is 0.466 e. The number of carbonyl (C=O) groups is 4. The Hall–Kier alpha value is -1.46. The second-order valence-corrected chi connectivity index (χ2v) is 14.2. The number of carbonyl (C=O) groups excluding carboxylic acids is 4. The topological polar surface area (TPSA) is 123 Å². The molecule has 0 aromatic carbocycles. The second-order valence-electron chi connectivity index (χ2n) is 11.7. The van der Waals surface area contributed by atoms with E-state index in [-0.39, 0.29) is 34.6 Å². The lowest BCUT2D eigenvalue weighted by molar-refractivity contribution is -0.144. The van der Waals surface area contributed by atoms with Crippen LogP contribution < -0.4 is 16.0 Å². The van der Waals surface area contributed by atoms with Crippen LogP contribution in [0, 0.1) is 10.8 Å². The number of amides is 2. The van der Waals surface area contributed by atoms with E-state index < -0.39 is 0 Å². The summed E-state index contributed by atoms with van der Waals surface area (Å²) in [6, 6.07) is 0. The molecule has 0 rings (SSSR count). The quantitative estimate of drug-likeness (QED) is 0.0944. The van der Waals surface area contributed by atoms with Gasteiger partial charge in [0.15, 0.2) is 0 Å². The summed E-state index contributed by atoms with van der Waals surface area (Å²) in [5, 5.41) is 9.62. The maximum atomic E-state index is 12.2.